The Morgan fingerprint density at radius 3 is 2.41 bits per heavy atom. The van der Waals surface area contributed by atoms with Crippen LogP contribution in [0, 0.1) is 11.3 Å². The first kappa shape index (κ1) is 13.4. The van der Waals surface area contributed by atoms with Crippen molar-refractivity contribution in [2.75, 3.05) is 26.2 Å². The summed E-state index contributed by atoms with van der Waals surface area (Å²) in [6.07, 6.45) is 7.00. The topological polar surface area (TPSA) is 15.3 Å². The van der Waals surface area contributed by atoms with Crippen LogP contribution in [0.1, 0.15) is 52.9 Å². The van der Waals surface area contributed by atoms with Crippen molar-refractivity contribution in [1.82, 2.24) is 10.2 Å². The van der Waals surface area contributed by atoms with Crippen LogP contribution in [0.15, 0.2) is 0 Å². The van der Waals surface area contributed by atoms with Gasteiger partial charge in [-0.05, 0) is 63.2 Å². The molecule has 1 aliphatic carbocycles. The Bertz CT molecular complexity index is 229. The van der Waals surface area contributed by atoms with E-state index in [0.29, 0.717) is 5.41 Å². The largest absolute Gasteiger partial charge is 0.313 e. The van der Waals surface area contributed by atoms with Crippen molar-refractivity contribution in [3.05, 3.63) is 0 Å². The summed E-state index contributed by atoms with van der Waals surface area (Å²) in [6.45, 7) is 12.3. The van der Waals surface area contributed by atoms with Crippen molar-refractivity contribution >= 4 is 0 Å². The first-order chi connectivity index (χ1) is 8.12. The average Bonchev–Trinajstić information content (AvgIpc) is 2.66. The lowest BCUT2D eigenvalue weighted by molar-refractivity contribution is 0.179. The molecule has 1 aliphatic heterocycles. The van der Waals surface area contributed by atoms with Gasteiger partial charge in [0.2, 0.25) is 0 Å². The maximum absolute atomic E-state index is 3.86. The Morgan fingerprint density at radius 2 is 1.88 bits per heavy atom. The molecule has 2 heteroatoms. The number of rotatable bonds is 4. The van der Waals surface area contributed by atoms with Crippen LogP contribution in [0.5, 0.6) is 0 Å². The predicted molar refractivity (Wildman–Crippen MR) is 74.3 cm³/mol. The molecular weight excluding hydrogens is 208 g/mol. The summed E-state index contributed by atoms with van der Waals surface area (Å²) in [4.78, 5) is 2.58. The lowest BCUT2D eigenvalue weighted by Crippen LogP contribution is -2.43. The normalized spacial score (nSPS) is 30.9. The van der Waals surface area contributed by atoms with E-state index in [1.165, 1.54) is 58.3 Å². The first-order valence-electron chi connectivity index (χ1n) is 7.57. The molecule has 0 amide bonds. The Kier molecular flexibility index (Phi) is 4.48. The monoisotopic (exact) mass is 238 g/mol. The van der Waals surface area contributed by atoms with Gasteiger partial charge in [-0.1, -0.05) is 27.2 Å². The lowest BCUT2D eigenvalue weighted by Gasteiger charge is -2.34. The summed E-state index contributed by atoms with van der Waals surface area (Å²) in [7, 11) is 0. The van der Waals surface area contributed by atoms with Gasteiger partial charge in [-0.2, -0.15) is 0 Å². The second-order valence-corrected chi connectivity index (χ2v) is 6.72. The zero-order valence-electron chi connectivity index (χ0n) is 12.0. The van der Waals surface area contributed by atoms with E-state index in [1.807, 2.05) is 0 Å². The van der Waals surface area contributed by atoms with E-state index < -0.39 is 0 Å². The van der Waals surface area contributed by atoms with Crippen LogP contribution >= 0.6 is 0 Å². The van der Waals surface area contributed by atoms with Gasteiger partial charge in [0.15, 0.2) is 0 Å². The maximum Gasteiger partial charge on any atom is 0.0118 e. The van der Waals surface area contributed by atoms with E-state index in [0.717, 1.165) is 12.0 Å². The fraction of sp³-hybridized carbons (Fsp3) is 1.00. The van der Waals surface area contributed by atoms with Gasteiger partial charge in [-0.25, -0.2) is 0 Å². The lowest BCUT2D eigenvalue weighted by atomic mass is 9.86. The Labute approximate surface area is 107 Å². The quantitative estimate of drug-likeness (QED) is 0.810. The zero-order chi connectivity index (χ0) is 12.3. The molecule has 0 aromatic rings. The molecule has 1 saturated carbocycles. The molecule has 0 bridgehead atoms. The highest BCUT2D eigenvalue weighted by atomic mass is 15.1. The molecule has 0 aromatic heterocycles. The number of likely N-dealkylation sites (tertiary alicyclic amines) is 1. The van der Waals surface area contributed by atoms with Crippen molar-refractivity contribution in [2.45, 2.75) is 58.9 Å². The highest BCUT2D eigenvalue weighted by Gasteiger charge is 2.34. The highest BCUT2D eigenvalue weighted by molar-refractivity contribution is 4.90. The maximum atomic E-state index is 3.86. The molecule has 1 atom stereocenters. The van der Waals surface area contributed by atoms with E-state index in [9.17, 15) is 0 Å². The number of hydrogen-bond acceptors (Lipinski definition) is 2. The minimum Gasteiger partial charge on any atom is -0.313 e. The van der Waals surface area contributed by atoms with Gasteiger partial charge < -0.3 is 10.2 Å². The summed E-state index contributed by atoms with van der Waals surface area (Å²) in [5.41, 5.74) is 0.532. The molecule has 17 heavy (non-hydrogen) atoms. The van der Waals surface area contributed by atoms with Crippen LogP contribution in [-0.4, -0.2) is 37.1 Å². The van der Waals surface area contributed by atoms with Gasteiger partial charge >= 0.3 is 0 Å². The van der Waals surface area contributed by atoms with Gasteiger partial charge in [-0.3, -0.25) is 0 Å². The van der Waals surface area contributed by atoms with Crippen LogP contribution in [0.25, 0.3) is 0 Å². The van der Waals surface area contributed by atoms with Crippen LogP contribution in [0.2, 0.25) is 0 Å². The summed E-state index contributed by atoms with van der Waals surface area (Å²) in [5, 5.41) is 3.86. The predicted octanol–water partition coefficient (Wildman–Crippen LogP) is 2.89. The molecule has 2 nitrogen and oxygen atoms in total. The number of nitrogens with zero attached hydrogens (tertiary/aromatic N) is 1. The number of hydrogen-bond donors (Lipinski definition) is 1. The van der Waals surface area contributed by atoms with Gasteiger partial charge in [0, 0.05) is 6.04 Å². The van der Waals surface area contributed by atoms with Crippen LogP contribution in [0.3, 0.4) is 0 Å². The van der Waals surface area contributed by atoms with Crippen molar-refractivity contribution < 1.29 is 0 Å². The van der Waals surface area contributed by atoms with E-state index in [2.05, 4.69) is 31.0 Å². The fourth-order valence-corrected chi connectivity index (χ4v) is 3.52. The molecule has 0 aromatic carbocycles. The first-order valence-corrected chi connectivity index (χ1v) is 7.57. The number of nitrogens with one attached hydrogen (secondary N) is 1. The molecule has 2 rings (SSSR count). The van der Waals surface area contributed by atoms with Gasteiger partial charge in [-0.15, -0.1) is 0 Å². The average molecular weight is 238 g/mol. The third-order valence-electron chi connectivity index (χ3n) is 5.06. The van der Waals surface area contributed by atoms with E-state index in [4.69, 9.17) is 0 Å². The third-order valence-corrected chi connectivity index (χ3v) is 5.06. The molecule has 0 radical (unpaired) electrons. The van der Waals surface area contributed by atoms with Gasteiger partial charge in [0.1, 0.15) is 0 Å². The van der Waals surface area contributed by atoms with Crippen LogP contribution in [-0.2, 0) is 0 Å². The van der Waals surface area contributed by atoms with E-state index in [1.54, 1.807) is 0 Å². The van der Waals surface area contributed by atoms with E-state index >= 15 is 0 Å². The van der Waals surface area contributed by atoms with Crippen LogP contribution in [0.4, 0.5) is 0 Å². The highest BCUT2D eigenvalue weighted by Crippen LogP contribution is 2.37. The molecule has 1 N–H and O–H groups in total. The second kappa shape index (κ2) is 5.71. The zero-order valence-corrected chi connectivity index (χ0v) is 12.0. The summed E-state index contributed by atoms with van der Waals surface area (Å²) in [6, 6.07) is 0.770. The molecular formula is C15H30N2. The standard InChI is InChI=1S/C15H30N2/c1-4-17-10-7-13(8-11-17)12-16-14-6-5-9-15(14,2)3/h13-14,16H,4-12H2,1-3H3. The molecule has 1 heterocycles. The van der Waals surface area contributed by atoms with Gasteiger partial charge in [0.05, 0.1) is 0 Å². The molecule has 2 aliphatic rings. The summed E-state index contributed by atoms with van der Waals surface area (Å²) < 4.78 is 0. The Hall–Kier alpha value is -0.0800. The summed E-state index contributed by atoms with van der Waals surface area (Å²) >= 11 is 0. The molecule has 100 valence electrons. The Morgan fingerprint density at radius 1 is 1.18 bits per heavy atom. The van der Waals surface area contributed by atoms with Crippen LogP contribution < -0.4 is 5.32 Å². The minimum atomic E-state index is 0.532. The Balaban J connectivity index is 1.69. The second-order valence-electron chi connectivity index (χ2n) is 6.72. The summed E-state index contributed by atoms with van der Waals surface area (Å²) in [5.74, 6) is 0.925. The third kappa shape index (κ3) is 3.45. The molecule has 0 spiro atoms. The van der Waals surface area contributed by atoms with Gasteiger partial charge in [0.25, 0.3) is 0 Å². The van der Waals surface area contributed by atoms with Crippen molar-refractivity contribution in [2.24, 2.45) is 11.3 Å². The van der Waals surface area contributed by atoms with Crippen molar-refractivity contribution in [3.63, 3.8) is 0 Å². The minimum absolute atomic E-state index is 0.532. The fourth-order valence-electron chi connectivity index (χ4n) is 3.52. The SMILES string of the molecule is CCN1CCC(CNC2CCCC2(C)C)CC1. The molecule has 1 unspecified atom stereocenters. The number of piperidine rings is 1. The smallest absolute Gasteiger partial charge is 0.0118 e. The molecule has 2 fully saturated rings. The van der Waals surface area contributed by atoms with Crippen molar-refractivity contribution in [3.8, 4) is 0 Å². The molecule has 1 saturated heterocycles. The van der Waals surface area contributed by atoms with E-state index in [-0.39, 0.29) is 0 Å². The van der Waals surface area contributed by atoms with Crippen molar-refractivity contribution in [1.29, 1.82) is 0 Å².